The summed E-state index contributed by atoms with van der Waals surface area (Å²) >= 11 is 12.8. The van der Waals surface area contributed by atoms with Crippen molar-refractivity contribution in [1.29, 1.82) is 0 Å². The van der Waals surface area contributed by atoms with Crippen molar-refractivity contribution in [3.05, 3.63) is 74.8 Å². The Labute approximate surface area is 223 Å². The maximum absolute atomic E-state index is 14.2. The number of carbonyl (C=O) groups excluding carboxylic acids is 1. The zero-order valence-electron chi connectivity index (χ0n) is 20.4. The number of hydrogen-bond acceptors (Lipinski definition) is 4. The Kier molecular flexibility index (Phi) is 7.11. The second-order valence-corrected chi connectivity index (χ2v) is 11.5. The Morgan fingerprint density at radius 2 is 1.83 bits per heavy atom. The van der Waals surface area contributed by atoms with Gasteiger partial charge in [0.1, 0.15) is 0 Å². The highest BCUT2D eigenvalue weighted by atomic mass is 35.5. The van der Waals surface area contributed by atoms with Gasteiger partial charge in [0.25, 0.3) is 5.91 Å². The van der Waals surface area contributed by atoms with Crippen LogP contribution in [0.2, 0.25) is 10.0 Å². The Morgan fingerprint density at radius 3 is 2.58 bits per heavy atom. The lowest BCUT2D eigenvalue weighted by Crippen LogP contribution is -2.60. The van der Waals surface area contributed by atoms with Gasteiger partial charge >= 0.3 is 0 Å². The van der Waals surface area contributed by atoms with Gasteiger partial charge in [-0.1, -0.05) is 59.6 Å². The molecule has 1 amide bonds. The maximum Gasteiger partial charge on any atom is 0.252 e. The van der Waals surface area contributed by atoms with Crippen molar-refractivity contribution in [2.45, 2.75) is 63.4 Å². The molecule has 2 saturated carbocycles. The Hall–Kier alpha value is -1.89. The van der Waals surface area contributed by atoms with E-state index >= 15 is 0 Å². The van der Waals surface area contributed by atoms with Gasteiger partial charge in [-0.25, -0.2) is 0 Å². The molecule has 4 aliphatic rings. The van der Waals surface area contributed by atoms with E-state index in [1.807, 2.05) is 17.0 Å². The van der Waals surface area contributed by atoms with Crippen LogP contribution in [0.4, 0.5) is 0 Å². The van der Waals surface area contributed by atoms with Gasteiger partial charge in [-0.05, 0) is 66.4 Å². The van der Waals surface area contributed by atoms with E-state index in [0.717, 1.165) is 61.6 Å². The third kappa shape index (κ3) is 5.36. The first-order valence-corrected chi connectivity index (χ1v) is 13.9. The lowest BCUT2D eigenvalue weighted by atomic mass is 9.83. The van der Waals surface area contributed by atoms with Crippen LogP contribution in [0.25, 0.3) is 5.57 Å². The molecule has 2 aromatic rings. The van der Waals surface area contributed by atoms with Gasteiger partial charge in [-0.2, -0.15) is 0 Å². The van der Waals surface area contributed by atoms with Crippen molar-refractivity contribution in [2.75, 3.05) is 19.7 Å². The number of benzene rings is 2. The summed E-state index contributed by atoms with van der Waals surface area (Å²) in [5, 5.41) is 8.28. The molecule has 0 spiro atoms. The minimum absolute atomic E-state index is 0.00219. The first kappa shape index (κ1) is 24.4. The molecule has 2 heterocycles. The Morgan fingerprint density at radius 1 is 1.03 bits per heavy atom. The van der Waals surface area contributed by atoms with E-state index in [9.17, 15) is 4.79 Å². The maximum atomic E-state index is 14.2. The zero-order valence-corrected chi connectivity index (χ0v) is 22.0. The smallest absolute Gasteiger partial charge is 0.252 e. The normalized spacial score (nSPS) is 23.6. The van der Waals surface area contributed by atoms with Crippen molar-refractivity contribution in [1.82, 2.24) is 15.5 Å². The molecule has 2 bridgehead atoms. The van der Waals surface area contributed by atoms with Crippen LogP contribution in [0.3, 0.4) is 0 Å². The molecule has 3 fully saturated rings. The summed E-state index contributed by atoms with van der Waals surface area (Å²) < 4.78 is 5.88. The Balaban J connectivity index is 1.29. The van der Waals surface area contributed by atoms with Crippen LogP contribution >= 0.6 is 23.2 Å². The number of hydrogen-bond donors (Lipinski definition) is 2. The lowest BCUT2D eigenvalue weighted by Gasteiger charge is -2.41. The largest absolute Gasteiger partial charge is 0.376 e. The molecule has 2 aliphatic carbocycles. The summed E-state index contributed by atoms with van der Waals surface area (Å²) in [6, 6.07) is 14.9. The zero-order chi connectivity index (χ0) is 24.6. The van der Waals surface area contributed by atoms with Crippen LogP contribution in [0, 0.1) is 5.92 Å². The fourth-order valence-electron chi connectivity index (χ4n) is 5.43. The molecule has 6 rings (SSSR count). The molecule has 2 aliphatic heterocycles. The monoisotopic (exact) mass is 525 g/mol. The molecule has 7 heteroatoms. The van der Waals surface area contributed by atoms with Crippen LogP contribution in [0.15, 0.2) is 48.0 Å². The molecule has 36 heavy (non-hydrogen) atoms. The summed E-state index contributed by atoms with van der Waals surface area (Å²) in [5.41, 5.74) is 5.27. The molecular formula is C29H33Cl2N3O2. The van der Waals surface area contributed by atoms with E-state index in [2.05, 4.69) is 34.9 Å². The molecule has 2 unspecified atom stereocenters. The summed E-state index contributed by atoms with van der Waals surface area (Å²) in [6.45, 7) is 3.65. The van der Waals surface area contributed by atoms with E-state index in [4.69, 9.17) is 27.9 Å². The first-order chi connectivity index (χ1) is 17.6. The van der Waals surface area contributed by atoms with Gasteiger partial charge < -0.3 is 20.3 Å². The minimum Gasteiger partial charge on any atom is -0.376 e. The fraction of sp³-hybridized carbons (Fsp3) is 0.483. The van der Waals surface area contributed by atoms with E-state index in [-0.39, 0.29) is 18.0 Å². The second-order valence-electron chi connectivity index (χ2n) is 10.7. The van der Waals surface area contributed by atoms with Gasteiger partial charge in [0.15, 0.2) is 0 Å². The first-order valence-electron chi connectivity index (χ1n) is 13.2. The molecule has 1 saturated heterocycles. The van der Waals surface area contributed by atoms with Crippen molar-refractivity contribution >= 4 is 34.7 Å². The fourth-order valence-corrected chi connectivity index (χ4v) is 5.81. The lowest BCUT2D eigenvalue weighted by molar-refractivity contribution is -0.128. The molecule has 2 atom stereocenters. The number of fused-ring (bicyclic) bond motifs is 2. The van der Waals surface area contributed by atoms with Gasteiger partial charge in [-0.3, -0.25) is 4.79 Å². The van der Waals surface area contributed by atoms with E-state index < -0.39 is 0 Å². The van der Waals surface area contributed by atoms with Crippen LogP contribution in [0.1, 0.15) is 48.8 Å². The predicted molar refractivity (Wildman–Crippen MR) is 144 cm³/mol. The number of rotatable bonds is 9. The third-order valence-electron chi connectivity index (χ3n) is 7.77. The van der Waals surface area contributed by atoms with Crippen molar-refractivity contribution in [3.63, 3.8) is 0 Å². The Bertz CT molecular complexity index is 1160. The highest BCUT2D eigenvalue weighted by molar-refractivity contribution is 6.42. The van der Waals surface area contributed by atoms with E-state index in [1.54, 1.807) is 6.07 Å². The van der Waals surface area contributed by atoms with E-state index in [0.29, 0.717) is 29.2 Å². The molecule has 2 aromatic carbocycles. The van der Waals surface area contributed by atoms with Crippen molar-refractivity contribution in [2.24, 2.45) is 5.92 Å². The third-order valence-corrected chi connectivity index (χ3v) is 8.63. The SMILES string of the molecule is O=C(C1=C(c2ccc(COCC3CC3)cc2)CC2CNCC1N2)N(Cc1cccc(Cl)c1Cl)C1CC1. The van der Waals surface area contributed by atoms with Crippen LogP contribution in [0.5, 0.6) is 0 Å². The highest BCUT2D eigenvalue weighted by Crippen LogP contribution is 2.37. The topological polar surface area (TPSA) is 53.6 Å². The minimum atomic E-state index is -0.00219. The van der Waals surface area contributed by atoms with Gasteiger partial charge in [0, 0.05) is 43.9 Å². The number of amides is 1. The number of halogens is 2. The second kappa shape index (κ2) is 10.5. The average molecular weight is 527 g/mol. The average Bonchev–Trinajstić information content (AvgIpc) is 3.80. The molecule has 0 radical (unpaired) electrons. The van der Waals surface area contributed by atoms with Gasteiger partial charge in [0.2, 0.25) is 0 Å². The highest BCUT2D eigenvalue weighted by Gasteiger charge is 2.41. The summed E-state index contributed by atoms with van der Waals surface area (Å²) in [7, 11) is 0. The molecule has 0 aromatic heterocycles. The predicted octanol–water partition coefficient (Wildman–Crippen LogP) is 5.20. The van der Waals surface area contributed by atoms with Crippen LogP contribution < -0.4 is 10.6 Å². The number of carbonyl (C=O) groups is 1. The van der Waals surface area contributed by atoms with Gasteiger partial charge in [0.05, 0.1) is 22.7 Å². The summed E-state index contributed by atoms with van der Waals surface area (Å²) in [6.07, 6.45) is 5.49. The van der Waals surface area contributed by atoms with E-state index in [1.165, 1.54) is 24.0 Å². The number of piperazine rings is 1. The molecule has 190 valence electrons. The molecule has 5 nitrogen and oxygen atoms in total. The summed E-state index contributed by atoms with van der Waals surface area (Å²) in [4.78, 5) is 16.3. The molecular weight excluding hydrogens is 493 g/mol. The van der Waals surface area contributed by atoms with Crippen molar-refractivity contribution in [3.8, 4) is 0 Å². The number of nitrogens with one attached hydrogen (secondary N) is 2. The number of ether oxygens (including phenoxy) is 1. The number of nitrogens with zero attached hydrogens (tertiary/aromatic N) is 1. The summed E-state index contributed by atoms with van der Waals surface area (Å²) in [5.74, 6) is 0.877. The van der Waals surface area contributed by atoms with Gasteiger partial charge in [-0.15, -0.1) is 0 Å². The van der Waals surface area contributed by atoms with Crippen LogP contribution in [-0.4, -0.2) is 48.6 Å². The van der Waals surface area contributed by atoms with Crippen molar-refractivity contribution < 1.29 is 9.53 Å². The quantitative estimate of drug-likeness (QED) is 0.472. The standard InChI is InChI=1S/C29H33Cl2N3O2/c30-25-3-1-2-21(28(25)31)15-34(23-10-11-23)29(35)27-24(12-22-13-32-14-26(27)33-22)20-8-6-19(7-9-20)17-36-16-18-4-5-18/h1-3,6-9,18,22-23,26,32-33H,4-5,10-17H2. The van der Waals surface area contributed by atoms with Crippen LogP contribution in [-0.2, 0) is 22.7 Å². The molecule has 2 N–H and O–H groups in total.